The number of anilines is 1. The summed E-state index contributed by atoms with van der Waals surface area (Å²) in [5, 5.41) is 0.870. The molecule has 7 nitrogen and oxygen atoms in total. The third-order valence-electron chi connectivity index (χ3n) is 8.39. The van der Waals surface area contributed by atoms with Crippen molar-refractivity contribution in [2.45, 2.75) is 39.7 Å². The lowest BCUT2D eigenvalue weighted by Gasteiger charge is -2.33. The standard InChI is InChI=1S/C37H38N2O5/c1-24-9-12-27(13-10-24)22-43-36(40)20-32-26(3)39(33-8-6-5-7-31(32)33)37(41)28-14-16-29(17-15-28)42-23-30-21-38(4)34-18-11-25(2)19-35(34)44-30/h5-9,11-19,24,30H,10,20-23H2,1-4H3/t24?,30-/m0/s1. The summed E-state index contributed by atoms with van der Waals surface area (Å²) < 4.78 is 19.6. The Labute approximate surface area is 258 Å². The Kier molecular flexibility index (Phi) is 8.29. The molecule has 4 aromatic rings. The Morgan fingerprint density at radius 1 is 1.02 bits per heavy atom. The van der Waals surface area contributed by atoms with Gasteiger partial charge in [-0.25, -0.2) is 0 Å². The van der Waals surface area contributed by atoms with Gasteiger partial charge in [0.2, 0.25) is 0 Å². The molecule has 0 bridgehead atoms. The van der Waals surface area contributed by atoms with E-state index in [1.54, 1.807) is 16.7 Å². The molecule has 0 spiro atoms. The summed E-state index contributed by atoms with van der Waals surface area (Å²) >= 11 is 0. The number of carbonyl (C=O) groups is 2. The van der Waals surface area contributed by atoms with E-state index >= 15 is 0 Å². The van der Waals surface area contributed by atoms with Crippen molar-refractivity contribution in [2.24, 2.45) is 5.92 Å². The zero-order chi connectivity index (χ0) is 30.8. The van der Waals surface area contributed by atoms with Gasteiger partial charge in [-0.05, 0) is 85.4 Å². The molecule has 226 valence electrons. The molecule has 2 atom stereocenters. The Morgan fingerprint density at radius 2 is 1.82 bits per heavy atom. The van der Waals surface area contributed by atoms with Crippen molar-refractivity contribution < 1.29 is 23.8 Å². The topological polar surface area (TPSA) is 70.0 Å². The van der Waals surface area contributed by atoms with Gasteiger partial charge in [0.25, 0.3) is 5.91 Å². The first kappa shape index (κ1) is 29.3. The number of ether oxygens (including phenoxy) is 3. The van der Waals surface area contributed by atoms with Gasteiger partial charge in [0.15, 0.2) is 0 Å². The van der Waals surface area contributed by atoms with E-state index in [2.05, 4.69) is 50.1 Å². The number of fused-ring (bicyclic) bond motifs is 2. The van der Waals surface area contributed by atoms with Crippen LogP contribution < -0.4 is 14.4 Å². The fourth-order valence-electron chi connectivity index (χ4n) is 5.91. The molecule has 0 saturated carbocycles. The molecule has 2 heterocycles. The molecule has 0 fully saturated rings. The molecule has 1 unspecified atom stereocenters. The monoisotopic (exact) mass is 590 g/mol. The number of hydrogen-bond acceptors (Lipinski definition) is 6. The van der Waals surface area contributed by atoms with Crippen LogP contribution in [-0.2, 0) is 16.0 Å². The van der Waals surface area contributed by atoms with Gasteiger partial charge in [0.1, 0.15) is 30.8 Å². The number of carbonyl (C=O) groups excluding carboxylic acids is 2. The molecule has 3 aromatic carbocycles. The van der Waals surface area contributed by atoms with Crippen LogP contribution in [0.5, 0.6) is 11.5 Å². The van der Waals surface area contributed by atoms with E-state index < -0.39 is 0 Å². The Morgan fingerprint density at radius 3 is 2.59 bits per heavy atom. The van der Waals surface area contributed by atoms with Crippen LogP contribution in [0, 0.1) is 19.8 Å². The quantitative estimate of drug-likeness (QED) is 0.210. The third-order valence-corrected chi connectivity index (χ3v) is 8.39. The minimum atomic E-state index is -0.315. The van der Waals surface area contributed by atoms with Crippen LogP contribution in [0.3, 0.4) is 0 Å². The highest BCUT2D eigenvalue weighted by Crippen LogP contribution is 2.33. The second-order valence-corrected chi connectivity index (χ2v) is 11.8. The average Bonchev–Trinajstić information content (AvgIpc) is 3.30. The van der Waals surface area contributed by atoms with Crippen LogP contribution in [0.15, 0.2) is 90.5 Å². The van der Waals surface area contributed by atoms with Crippen molar-refractivity contribution in [1.29, 1.82) is 0 Å². The summed E-state index contributed by atoms with van der Waals surface area (Å²) in [6.07, 6.45) is 7.20. The minimum Gasteiger partial charge on any atom is -0.490 e. The van der Waals surface area contributed by atoms with Gasteiger partial charge >= 0.3 is 5.97 Å². The van der Waals surface area contributed by atoms with Crippen molar-refractivity contribution in [3.8, 4) is 11.5 Å². The SMILES string of the molecule is Cc1ccc2c(c1)O[C@H](COc1ccc(C(=O)n3c(C)c(CC(=O)OCC4=CCC(C)C=C4)c4ccccc43)cc1)CN2C. The van der Waals surface area contributed by atoms with Crippen molar-refractivity contribution in [2.75, 3.05) is 31.7 Å². The van der Waals surface area contributed by atoms with Crippen LogP contribution in [0.25, 0.3) is 10.9 Å². The Balaban J connectivity index is 1.13. The smallest absolute Gasteiger partial charge is 0.310 e. The number of hydrogen-bond donors (Lipinski definition) is 0. The van der Waals surface area contributed by atoms with Crippen LogP contribution in [0.2, 0.25) is 0 Å². The van der Waals surface area contributed by atoms with E-state index in [4.69, 9.17) is 14.2 Å². The van der Waals surface area contributed by atoms with Gasteiger partial charge in [-0.2, -0.15) is 0 Å². The minimum absolute atomic E-state index is 0.0925. The first-order chi connectivity index (χ1) is 21.3. The second kappa shape index (κ2) is 12.4. The fraction of sp³-hybridized carbons (Fsp3) is 0.297. The van der Waals surface area contributed by atoms with E-state index in [1.807, 2.05) is 55.5 Å². The van der Waals surface area contributed by atoms with E-state index in [9.17, 15) is 9.59 Å². The lowest BCUT2D eigenvalue weighted by Crippen LogP contribution is -2.41. The molecule has 0 amide bonds. The van der Waals surface area contributed by atoms with E-state index in [-0.39, 0.29) is 31.0 Å². The van der Waals surface area contributed by atoms with Crippen molar-refractivity contribution in [1.82, 2.24) is 4.57 Å². The molecule has 0 N–H and O–H groups in total. The largest absolute Gasteiger partial charge is 0.490 e. The molecule has 0 saturated heterocycles. The first-order valence-corrected chi connectivity index (χ1v) is 15.1. The molecule has 6 rings (SSSR count). The maximum Gasteiger partial charge on any atom is 0.310 e. The number of rotatable bonds is 8. The second-order valence-electron chi connectivity index (χ2n) is 11.8. The van der Waals surface area contributed by atoms with Gasteiger partial charge < -0.3 is 19.1 Å². The number of aryl methyl sites for hydroxylation is 1. The third kappa shape index (κ3) is 6.13. The van der Waals surface area contributed by atoms with Gasteiger partial charge in [-0.1, -0.05) is 49.4 Å². The molecule has 7 heteroatoms. The van der Waals surface area contributed by atoms with Crippen LogP contribution in [0.4, 0.5) is 5.69 Å². The number of likely N-dealkylation sites (N-methyl/N-ethyl adjacent to an activating group) is 1. The zero-order valence-corrected chi connectivity index (χ0v) is 25.7. The van der Waals surface area contributed by atoms with E-state index in [1.165, 1.54) is 0 Å². The van der Waals surface area contributed by atoms with E-state index in [0.717, 1.165) is 57.7 Å². The summed E-state index contributed by atoms with van der Waals surface area (Å²) in [5.74, 6) is 1.55. The van der Waals surface area contributed by atoms with Crippen LogP contribution >= 0.6 is 0 Å². The normalized spacial score (nSPS) is 17.5. The number of aromatic nitrogens is 1. The summed E-state index contributed by atoms with van der Waals surface area (Å²) in [6, 6.07) is 21.1. The number of allylic oxidation sites excluding steroid dienone is 2. The molecule has 1 aliphatic carbocycles. The van der Waals surface area contributed by atoms with Crippen LogP contribution in [0.1, 0.15) is 40.5 Å². The fourth-order valence-corrected chi connectivity index (χ4v) is 5.91. The molecule has 2 aliphatic rings. The molecular formula is C37H38N2O5. The number of para-hydroxylation sites is 1. The summed E-state index contributed by atoms with van der Waals surface area (Å²) in [6.45, 7) is 7.45. The summed E-state index contributed by atoms with van der Waals surface area (Å²) in [5.41, 5.74) is 6.06. The van der Waals surface area contributed by atoms with Crippen molar-refractivity contribution in [3.63, 3.8) is 0 Å². The lowest BCUT2D eigenvalue weighted by molar-refractivity contribution is -0.141. The Bertz CT molecular complexity index is 1760. The summed E-state index contributed by atoms with van der Waals surface area (Å²) in [4.78, 5) is 28.9. The van der Waals surface area contributed by atoms with Gasteiger partial charge in [-0.15, -0.1) is 0 Å². The highest BCUT2D eigenvalue weighted by molar-refractivity contribution is 6.04. The maximum absolute atomic E-state index is 13.8. The molecular weight excluding hydrogens is 552 g/mol. The van der Waals surface area contributed by atoms with Crippen LogP contribution in [-0.4, -0.2) is 49.4 Å². The van der Waals surface area contributed by atoms with Gasteiger partial charge in [0.05, 0.1) is 24.2 Å². The number of benzene rings is 3. The first-order valence-electron chi connectivity index (χ1n) is 15.1. The average molecular weight is 591 g/mol. The zero-order valence-electron chi connectivity index (χ0n) is 25.7. The summed E-state index contributed by atoms with van der Waals surface area (Å²) in [7, 11) is 2.05. The van der Waals surface area contributed by atoms with Crippen molar-refractivity contribution >= 4 is 28.5 Å². The molecule has 0 radical (unpaired) electrons. The van der Waals surface area contributed by atoms with Crippen molar-refractivity contribution in [3.05, 3.63) is 113 Å². The van der Waals surface area contributed by atoms with Gasteiger partial charge in [-0.3, -0.25) is 14.2 Å². The highest BCUT2D eigenvalue weighted by atomic mass is 16.5. The maximum atomic E-state index is 13.8. The predicted octanol–water partition coefficient (Wildman–Crippen LogP) is 6.83. The molecule has 44 heavy (non-hydrogen) atoms. The Hall–Kier alpha value is -4.78. The molecule has 1 aliphatic heterocycles. The number of esters is 1. The predicted molar refractivity (Wildman–Crippen MR) is 173 cm³/mol. The van der Waals surface area contributed by atoms with Gasteiger partial charge in [0, 0.05) is 23.7 Å². The highest BCUT2D eigenvalue weighted by Gasteiger charge is 2.25. The lowest BCUT2D eigenvalue weighted by atomic mass is 9.99. The number of nitrogens with zero attached hydrogens (tertiary/aromatic N) is 2. The molecule has 1 aromatic heterocycles. The van der Waals surface area contributed by atoms with E-state index in [0.29, 0.717) is 23.8 Å².